The fraction of sp³-hybridized carbons (Fsp3) is 0.207. The van der Waals surface area contributed by atoms with Gasteiger partial charge in [-0.3, -0.25) is 15.0 Å². The van der Waals surface area contributed by atoms with Gasteiger partial charge in [-0.1, -0.05) is 54.1 Å². The molecule has 218 valence electrons. The summed E-state index contributed by atoms with van der Waals surface area (Å²) < 4.78 is 45.2. The van der Waals surface area contributed by atoms with Crippen LogP contribution in [0.25, 0.3) is 0 Å². The predicted octanol–water partition coefficient (Wildman–Crippen LogP) is 7.43. The summed E-state index contributed by atoms with van der Waals surface area (Å²) in [4.78, 5) is 32.4. The Hall–Kier alpha value is -3.54. The average Bonchev–Trinajstić information content (AvgIpc) is 3.16. The zero-order valence-corrected chi connectivity index (χ0v) is 24.8. The van der Waals surface area contributed by atoms with E-state index in [9.17, 15) is 27.9 Å². The lowest BCUT2D eigenvalue weighted by Gasteiger charge is -2.43. The van der Waals surface area contributed by atoms with E-state index in [1.54, 1.807) is 42.5 Å². The van der Waals surface area contributed by atoms with Gasteiger partial charge in [-0.15, -0.1) is 0 Å². The number of nitrogens with zero attached hydrogens (tertiary/aromatic N) is 2. The topological polar surface area (TPSA) is 91.8 Å². The van der Waals surface area contributed by atoms with Crippen LogP contribution in [0.1, 0.15) is 29.0 Å². The number of rotatable bonds is 6. The number of fused-ring (bicyclic) bond motifs is 1. The molecular formula is C29H21BrCl2F3N3O4. The molecule has 2 heterocycles. The monoisotopic (exact) mass is 681 g/mol. The van der Waals surface area contributed by atoms with Crippen molar-refractivity contribution < 1.29 is 32.6 Å². The van der Waals surface area contributed by atoms with Crippen molar-refractivity contribution in [3.63, 3.8) is 0 Å². The summed E-state index contributed by atoms with van der Waals surface area (Å²) in [6.45, 7) is 3.94. The molecule has 2 aliphatic rings. The number of amides is 2. The quantitative estimate of drug-likeness (QED) is 0.263. The second-order valence-electron chi connectivity index (χ2n) is 9.70. The number of benzene rings is 2. The van der Waals surface area contributed by atoms with Crippen molar-refractivity contribution in [2.45, 2.75) is 23.9 Å². The molecule has 13 heteroatoms. The van der Waals surface area contributed by atoms with E-state index < -0.39 is 45.8 Å². The van der Waals surface area contributed by atoms with Crippen molar-refractivity contribution in [3.8, 4) is 11.5 Å². The maximum Gasteiger partial charge on any atom is 0.417 e. The van der Waals surface area contributed by atoms with Gasteiger partial charge in [0.15, 0.2) is 17.3 Å². The van der Waals surface area contributed by atoms with Crippen molar-refractivity contribution >= 4 is 56.8 Å². The number of ether oxygens (including phenoxy) is 1. The molecule has 1 aliphatic carbocycles. The molecule has 7 nitrogen and oxygen atoms in total. The van der Waals surface area contributed by atoms with Crippen LogP contribution in [-0.2, 0) is 21.2 Å². The van der Waals surface area contributed by atoms with E-state index in [0.717, 1.165) is 5.01 Å². The molecule has 1 aliphatic heterocycles. The van der Waals surface area contributed by atoms with Crippen molar-refractivity contribution in [2.75, 3.05) is 12.5 Å². The van der Waals surface area contributed by atoms with E-state index in [1.807, 2.05) is 6.08 Å². The Morgan fingerprint density at radius 1 is 1.21 bits per heavy atom. The molecule has 3 unspecified atom stereocenters. The maximum absolute atomic E-state index is 14.7. The van der Waals surface area contributed by atoms with Crippen LogP contribution in [0.4, 0.5) is 19.0 Å². The zero-order valence-electron chi connectivity index (χ0n) is 21.7. The molecule has 2 amide bonds. The first-order valence-corrected chi connectivity index (χ1v) is 13.9. The molecule has 1 aromatic heterocycles. The van der Waals surface area contributed by atoms with Crippen molar-refractivity contribution in [2.24, 2.45) is 5.92 Å². The molecule has 5 rings (SSSR count). The van der Waals surface area contributed by atoms with E-state index in [0.29, 0.717) is 38.5 Å². The van der Waals surface area contributed by atoms with Crippen LogP contribution in [0, 0.1) is 5.92 Å². The molecule has 3 atom stereocenters. The molecule has 0 spiro atoms. The third-order valence-electron chi connectivity index (χ3n) is 7.55. The van der Waals surface area contributed by atoms with Gasteiger partial charge in [0.2, 0.25) is 0 Å². The fourth-order valence-electron chi connectivity index (χ4n) is 5.71. The molecule has 2 N–H and O–H groups in total. The number of carbonyl (C=O) groups excluding carboxylic acids is 2. The number of phenolic OH excluding ortho intramolecular Hbond substituents is 1. The molecule has 0 saturated carbocycles. The number of aromatic hydroxyl groups is 1. The minimum Gasteiger partial charge on any atom is -0.503 e. The summed E-state index contributed by atoms with van der Waals surface area (Å²) in [7, 11) is 1.38. The Balaban J connectivity index is 1.72. The lowest BCUT2D eigenvalue weighted by Crippen LogP contribution is -2.48. The molecule has 0 radical (unpaired) electrons. The van der Waals surface area contributed by atoms with E-state index in [2.05, 4.69) is 32.9 Å². The first-order chi connectivity index (χ1) is 19.8. The van der Waals surface area contributed by atoms with E-state index in [4.69, 9.17) is 27.9 Å². The highest BCUT2D eigenvalue weighted by Gasteiger charge is 2.66. The lowest BCUT2D eigenvalue weighted by atomic mass is 9.56. The number of hydrogen-bond acceptors (Lipinski definition) is 6. The molecule has 1 fully saturated rings. The highest BCUT2D eigenvalue weighted by atomic mass is 79.9. The number of carbonyl (C=O) groups is 2. The number of halogens is 6. The lowest BCUT2D eigenvalue weighted by molar-refractivity contribution is -0.139. The number of alkyl halides is 3. The van der Waals surface area contributed by atoms with Crippen LogP contribution >= 0.6 is 39.1 Å². The minimum absolute atomic E-state index is 0.128. The van der Waals surface area contributed by atoms with Crippen LogP contribution < -0.4 is 10.2 Å². The number of hydrogen-bond donors (Lipinski definition) is 2. The van der Waals surface area contributed by atoms with Gasteiger partial charge in [-0.2, -0.15) is 18.2 Å². The van der Waals surface area contributed by atoms with Gasteiger partial charge in [0.25, 0.3) is 11.8 Å². The minimum atomic E-state index is -4.69. The zero-order chi connectivity index (χ0) is 30.6. The Bertz CT molecular complexity index is 1650. The summed E-state index contributed by atoms with van der Waals surface area (Å²) in [6, 6.07) is 10.4. The van der Waals surface area contributed by atoms with Gasteiger partial charge in [-0.05, 0) is 69.4 Å². The number of allylic oxidation sites excluding steroid dienone is 3. The van der Waals surface area contributed by atoms with Gasteiger partial charge in [0.1, 0.15) is 0 Å². The third kappa shape index (κ3) is 4.73. The smallest absolute Gasteiger partial charge is 0.417 e. The predicted molar refractivity (Wildman–Crippen MR) is 154 cm³/mol. The van der Waals surface area contributed by atoms with E-state index >= 15 is 0 Å². The summed E-state index contributed by atoms with van der Waals surface area (Å²) in [5.74, 6) is -3.44. The number of pyridine rings is 1. The van der Waals surface area contributed by atoms with Crippen molar-refractivity contribution in [1.29, 1.82) is 0 Å². The second-order valence-corrected chi connectivity index (χ2v) is 11.4. The largest absolute Gasteiger partial charge is 0.503 e. The van der Waals surface area contributed by atoms with E-state index in [1.165, 1.54) is 7.11 Å². The molecule has 2 aromatic carbocycles. The van der Waals surface area contributed by atoms with Crippen LogP contribution in [0.3, 0.4) is 0 Å². The molecule has 42 heavy (non-hydrogen) atoms. The summed E-state index contributed by atoms with van der Waals surface area (Å²) in [6.07, 6.45) is -0.591. The number of nitrogens with one attached hydrogen (secondary N) is 1. The fourth-order valence-corrected chi connectivity index (χ4v) is 6.50. The van der Waals surface area contributed by atoms with Crippen molar-refractivity contribution in [3.05, 3.63) is 104 Å². The van der Waals surface area contributed by atoms with Gasteiger partial charge in [0.05, 0.1) is 33.5 Å². The van der Waals surface area contributed by atoms with Crippen LogP contribution in [0.15, 0.2) is 77.4 Å². The number of anilines is 1. The molecule has 3 aromatic rings. The molecule has 1 saturated heterocycles. The second kappa shape index (κ2) is 10.9. The third-order valence-corrected chi connectivity index (χ3v) is 8.70. The average molecular weight is 683 g/mol. The van der Waals surface area contributed by atoms with Crippen molar-refractivity contribution in [1.82, 2.24) is 9.99 Å². The molecular weight excluding hydrogens is 662 g/mol. The summed E-state index contributed by atoms with van der Waals surface area (Å²) >= 11 is 15.6. The SMILES string of the molecule is C=CC1=CCC2C(=O)N(Nc3ncc(C(F)(F)F)cc3Cl)C(=O)C2(c2ccc(Cl)cc2)C1c1cc(Br)c(O)c(OC)c1. The Morgan fingerprint density at radius 2 is 1.90 bits per heavy atom. The maximum atomic E-state index is 14.7. The van der Waals surface area contributed by atoms with Gasteiger partial charge in [0, 0.05) is 17.1 Å². The first kappa shape index (κ1) is 29.9. The number of phenols is 1. The highest BCUT2D eigenvalue weighted by molar-refractivity contribution is 9.10. The summed E-state index contributed by atoms with van der Waals surface area (Å²) in [5, 5.41) is 11.2. The van der Waals surface area contributed by atoms with Crippen LogP contribution in [0.5, 0.6) is 11.5 Å². The first-order valence-electron chi connectivity index (χ1n) is 12.4. The van der Waals surface area contributed by atoms with Gasteiger partial charge < -0.3 is 9.84 Å². The summed E-state index contributed by atoms with van der Waals surface area (Å²) in [5.41, 5.74) is 1.53. The Morgan fingerprint density at radius 3 is 2.50 bits per heavy atom. The van der Waals surface area contributed by atoms with Crippen LogP contribution in [-0.4, -0.2) is 34.0 Å². The number of imide groups is 1. The van der Waals surface area contributed by atoms with Gasteiger partial charge in [-0.25, -0.2) is 4.98 Å². The highest BCUT2D eigenvalue weighted by Crippen LogP contribution is 2.58. The number of hydrazine groups is 1. The van der Waals surface area contributed by atoms with E-state index in [-0.39, 0.29) is 23.7 Å². The normalized spacial score (nSPS) is 22.1. The Kier molecular flexibility index (Phi) is 7.80. The standard InChI is InChI=1S/C29H21BrCl2F3N3O4/c1-3-14-4-9-19-26(40)38(37-25-21(32)12-17(13-36-25)29(33,34)35)27(41)28(19,16-5-7-18(31)8-6-16)23(14)15-10-20(30)24(39)22(11-15)42-2/h3-8,10-13,19,23,39H,1,9H2,2H3,(H,36,37). The van der Waals surface area contributed by atoms with Crippen LogP contribution in [0.2, 0.25) is 10.0 Å². The van der Waals surface area contributed by atoms with Gasteiger partial charge >= 0.3 is 6.18 Å². The Labute approximate surface area is 256 Å². The molecule has 0 bridgehead atoms. The number of methoxy groups -OCH3 is 1. The number of aromatic nitrogens is 1.